The zero-order chi connectivity index (χ0) is 18.3. The fraction of sp³-hybridized carbons (Fsp3) is 0.400. The second-order valence-corrected chi connectivity index (χ2v) is 6.37. The van der Waals surface area contributed by atoms with E-state index in [1.807, 2.05) is 6.92 Å². The van der Waals surface area contributed by atoms with Crippen molar-refractivity contribution in [3.05, 3.63) is 39.7 Å². The molecule has 0 aliphatic carbocycles. The normalized spacial score (nSPS) is 14.2. The van der Waals surface area contributed by atoms with E-state index in [0.717, 1.165) is 5.56 Å². The van der Waals surface area contributed by atoms with E-state index in [0.29, 0.717) is 11.9 Å². The lowest BCUT2D eigenvalue weighted by molar-refractivity contribution is -0.219. The molecule has 0 bridgehead atoms. The molecule has 1 heterocycles. The van der Waals surface area contributed by atoms with Gasteiger partial charge in [-0.1, -0.05) is 13.0 Å². The first kappa shape index (κ1) is 18.7. The summed E-state index contributed by atoms with van der Waals surface area (Å²) in [6.45, 7) is 3.10. The van der Waals surface area contributed by atoms with Gasteiger partial charge in [-0.2, -0.15) is 22.0 Å². The van der Waals surface area contributed by atoms with Crippen molar-refractivity contribution in [2.24, 2.45) is 0 Å². The van der Waals surface area contributed by atoms with Gasteiger partial charge in [-0.3, -0.25) is 4.79 Å². The van der Waals surface area contributed by atoms with E-state index in [1.165, 1.54) is 13.0 Å². The Morgan fingerprint density at radius 2 is 1.83 bits per heavy atom. The summed E-state index contributed by atoms with van der Waals surface area (Å²) < 4.78 is 77.0. The second kappa shape index (κ2) is 6.34. The Morgan fingerprint density at radius 1 is 1.21 bits per heavy atom. The van der Waals surface area contributed by atoms with Crippen molar-refractivity contribution in [2.45, 2.75) is 42.8 Å². The lowest BCUT2D eigenvalue weighted by atomic mass is 10.1. The van der Waals surface area contributed by atoms with Gasteiger partial charge in [-0.25, -0.2) is 4.39 Å². The van der Waals surface area contributed by atoms with E-state index in [4.69, 9.17) is 0 Å². The Balaban J connectivity index is 2.54. The first-order chi connectivity index (χ1) is 11.0. The van der Waals surface area contributed by atoms with Crippen molar-refractivity contribution in [2.75, 3.05) is 0 Å². The third-order valence-corrected chi connectivity index (χ3v) is 4.60. The van der Waals surface area contributed by atoms with Crippen LogP contribution in [0.25, 0.3) is 10.9 Å². The molecule has 0 amide bonds. The maximum atomic E-state index is 13.6. The molecule has 1 unspecified atom stereocenters. The number of benzene rings is 1. The van der Waals surface area contributed by atoms with Crippen LogP contribution in [0.1, 0.15) is 18.2 Å². The number of rotatable bonds is 4. The van der Waals surface area contributed by atoms with Gasteiger partial charge in [0.2, 0.25) is 5.43 Å². The number of halogens is 6. The van der Waals surface area contributed by atoms with Gasteiger partial charge < -0.3 is 4.98 Å². The summed E-state index contributed by atoms with van der Waals surface area (Å²) in [4.78, 5) is 14.5. The predicted molar refractivity (Wildman–Crippen MR) is 80.4 cm³/mol. The summed E-state index contributed by atoms with van der Waals surface area (Å²) in [5.74, 6) is 0. The van der Waals surface area contributed by atoms with Gasteiger partial charge in [0, 0.05) is 16.6 Å². The molecule has 1 aromatic heterocycles. The van der Waals surface area contributed by atoms with Crippen molar-refractivity contribution in [1.82, 2.24) is 4.98 Å². The summed E-state index contributed by atoms with van der Waals surface area (Å²) in [6.07, 6.45) is -9.50. The number of fused-ring (bicyclic) bond motifs is 1. The smallest absolute Gasteiger partial charge is 0.357 e. The van der Waals surface area contributed by atoms with Crippen LogP contribution in [0, 0.1) is 6.92 Å². The van der Waals surface area contributed by atoms with Gasteiger partial charge in [0.15, 0.2) is 0 Å². The summed E-state index contributed by atoms with van der Waals surface area (Å²) in [5, 5.41) is -4.74. The lowest BCUT2D eigenvalue weighted by Crippen LogP contribution is -2.39. The van der Waals surface area contributed by atoms with Crippen LogP contribution in [0.5, 0.6) is 0 Å². The SMILES string of the molecule is CCc1ccc2[nH]c(C)c(SC(F)(F)C(F)C(F)(F)F)c(=O)c2c1. The number of pyridine rings is 1. The molecule has 1 atom stereocenters. The van der Waals surface area contributed by atoms with E-state index in [2.05, 4.69) is 4.98 Å². The van der Waals surface area contributed by atoms with Crippen molar-refractivity contribution in [3.63, 3.8) is 0 Å². The summed E-state index contributed by atoms with van der Waals surface area (Å²) in [6, 6.07) is 4.80. The molecule has 0 aliphatic rings. The molecule has 0 spiro atoms. The number of aromatic nitrogens is 1. The zero-order valence-electron chi connectivity index (χ0n) is 12.6. The van der Waals surface area contributed by atoms with Gasteiger partial charge >= 0.3 is 11.4 Å². The molecular formula is C15H13F6NOS. The van der Waals surface area contributed by atoms with Gasteiger partial charge in [-0.05, 0) is 42.8 Å². The minimum atomic E-state index is -5.72. The molecule has 0 fully saturated rings. The highest BCUT2D eigenvalue weighted by Crippen LogP contribution is 2.45. The third-order valence-electron chi connectivity index (χ3n) is 3.43. The number of hydrogen-bond acceptors (Lipinski definition) is 2. The van der Waals surface area contributed by atoms with Gasteiger partial charge in [0.05, 0.1) is 4.90 Å². The fourth-order valence-corrected chi connectivity index (χ4v) is 3.08. The molecule has 0 saturated carbocycles. The minimum absolute atomic E-state index is 0.0456. The Kier molecular flexibility index (Phi) is 4.94. The van der Waals surface area contributed by atoms with E-state index in [-0.39, 0.29) is 11.1 Å². The van der Waals surface area contributed by atoms with Crippen molar-refractivity contribution >= 4 is 22.7 Å². The van der Waals surface area contributed by atoms with Crippen LogP contribution in [0.4, 0.5) is 26.3 Å². The highest BCUT2D eigenvalue weighted by molar-refractivity contribution is 8.00. The standard InChI is InChI=1S/C15H13F6NOS/c1-3-8-4-5-10-9(6-8)11(23)12(7(2)22-10)24-15(20,21)13(16)14(17,18)19/h4-6,13H,3H2,1-2H3,(H,22,23). The van der Waals surface area contributed by atoms with Gasteiger partial charge in [0.1, 0.15) is 0 Å². The summed E-state index contributed by atoms with van der Waals surface area (Å²) in [7, 11) is 0. The van der Waals surface area contributed by atoms with Gasteiger partial charge in [0.25, 0.3) is 6.17 Å². The molecule has 1 N–H and O–H groups in total. The van der Waals surface area contributed by atoms with E-state index in [1.54, 1.807) is 12.1 Å². The second-order valence-electron chi connectivity index (χ2n) is 5.21. The quantitative estimate of drug-likeness (QED) is 0.609. The molecule has 132 valence electrons. The molecule has 2 nitrogen and oxygen atoms in total. The average molecular weight is 369 g/mol. The van der Waals surface area contributed by atoms with Crippen LogP contribution in [0.2, 0.25) is 0 Å². The van der Waals surface area contributed by atoms with Crippen molar-refractivity contribution < 1.29 is 26.3 Å². The number of thioether (sulfide) groups is 1. The predicted octanol–water partition coefficient (Wildman–Crippen LogP) is 4.98. The van der Waals surface area contributed by atoms with Gasteiger partial charge in [-0.15, -0.1) is 0 Å². The number of hydrogen-bond donors (Lipinski definition) is 1. The van der Waals surface area contributed by atoms with Crippen LogP contribution in [0.3, 0.4) is 0 Å². The molecular weight excluding hydrogens is 356 g/mol. The Morgan fingerprint density at radius 3 is 2.38 bits per heavy atom. The van der Waals surface area contributed by atoms with Crippen LogP contribution < -0.4 is 5.43 Å². The number of aryl methyl sites for hydroxylation is 2. The Labute approximate surface area is 137 Å². The average Bonchev–Trinajstić information content (AvgIpc) is 2.49. The molecule has 2 rings (SSSR count). The lowest BCUT2D eigenvalue weighted by Gasteiger charge is -2.22. The number of H-pyrrole nitrogens is 1. The number of aromatic amines is 1. The fourth-order valence-electron chi connectivity index (χ4n) is 2.16. The maximum absolute atomic E-state index is 13.6. The highest BCUT2D eigenvalue weighted by Gasteiger charge is 2.57. The van der Waals surface area contributed by atoms with Crippen molar-refractivity contribution in [1.29, 1.82) is 0 Å². The van der Waals surface area contributed by atoms with E-state index >= 15 is 0 Å². The largest absolute Gasteiger partial charge is 0.426 e. The third kappa shape index (κ3) is 3.55. The van der Waals surface area contributed by atoms with Crippen LogP contribution in [0.15, 0.2) is 27.9 Å². The Hall–Kier alpha value is -1.64. The minimum Gasteiger partial charge on any atom is -0.357 e. The maximum Gasteiger partial charge on any atom is 0.426 e. The molecule has 24 heavy (non-hydrogen) atoms. The molecule has 2 aromatic rings. The number of alkyl halides is 6. The first-order valence-corrected chi connectivity index (χ1v) is 7.72. The summed E-state index contributed by atoms with van der Waals surface area (Å²) in [5.41, 5.74) is 0.236. The first-order valence-electron chi connectivity index (χ1n) is 6.90. The summed E-state index contributed by atoms with van der Waals surface area (Å²) >= 11 is -0.710. The molecule has 9 heteroatoms. The molecule has 0 saturated heterocycles. The van der Waals surface area contributed by atoms with Crippen LogP contribution in [-0.2, 0) is 6.42 Å². The highest BCUT2D eigenvalue weighted by atomic mass is 32.2. The van der Waals surface area contributed by atoms with Crippen LogP contribution >= 0.6 is 11.8 Å². The van der Waals surface area contributed by atoms with E-state index < -0.39 is 39.7 Å². The number of nitrogens with one attached hydrogen (secondary N) is 1. The van der Waals surface area contributed by atoms with E-state index in [9.17, 15) is 31.1 Å². The van der Waals surface area contributed by atoms with Crippen molar-refractivity contribution in [3.8, 4) is 0 Å². The monoisotopic (exact) mass is 369 g/mol. The topological polar surface area (TPSA) is 32.9 Å². The molecule has 1 aromatic carbocycles. The zero-order valence-corrected chi connectivity index (χ0v) is 13.4. The Bertz CT molecular complexity index is 814. The molecule has 0 aliphatic heterocycles. The molecule has 0 radical (unpaired) electrons. The van der Waals surface area contributed by atoms with Crippen LogP contribution in [-0.4, -0.2) is 22.6 Å².